The summed E-state index contributed by atoms with van der Waals surface area (Å²) in [7, 11) is 1.64. The number of benzene rings is 2. The average Bonchev–Trinajstić information content (AvgIpc) is 2.49. The summed E-state index contributed by atoms with van der Waals surface area (Å²) >= 11 is 6.02. The molecule has 0 radical (unpaired) electrons. The number of methoxy groups -OCH3 is 1. The summed E-state index contributed by atoms with van der Waals surface area (Å²) in [5.74, 6) is 6.87. The van der Waals surface area contributed by atoms with Crippen LogP contribution in [0.15, 0.2) is 53.5 Å². The van der Waals surface area contributed by atoms with Gasteiger partial charge >= 0.3 is 0 Å². The molecule has 0 saturated heterocycles. The van der Waals surface area contributed by atoms with Gasteiger partial charge in [-0.05, 0) is 30.3 Å². The van der Waals surface area contributed by atoms with E-state index in [9.17, 15) is 0 Å². The number of halogens is 1. The van der Waals surface area contributed by atoms with E-state index in [4.69, 9.17) is 16.3 Å². The van der Waals surface area contributed by atoms with Crippen LogP contribution in [-0.2, 0) is 0 Å². The summed E-state index contributed by atoms with van der Waals surface area (Å²) in [6.45, 7) is 0.442. The lowest BCUT2D eigenvalue weighted by Gasteiger charge is -1.97. The van der Waals surface area contributed by atoms with E-state index in [-0.39, 0.29) is 0 Å². The Hall–Kier alpha value is -2.24. The molecule has 0 heterocycles. The second-order valence-electron chi connectivity index (χ2n) is 4.02. The summed E-state index contributed by atoms with van der Waals surface area (Å²) in [6.07, 6.45) is 1.74. The van der Waals surface area contributed by atoms with Crippen LogP contribution in [0.3, 0.4) is 0 Å². The highest BCUT2D eigenvalue weighted by atomic mass is 35.5. The van der Waals surface area contributed by atoms with E-state index in [1.165, 1.54) is 0 Å². The topological polar surface area (TPSA) is 21.6 Å². The van der Waals surface area contributed by atoms with Gasteiger partial charge in [0.2, 0.25) is 0 Å². The van der Waals surface area contributed by atoms with Gasteiger partial charge in [0.15, 0.2) is 0 Å². The Kier molecular flexibility index (Phi) is 5.23. The van der Waals surface area contributed by atoms with E-state index in [1.807, 2.05) is 48.5 Å². The zero-order valence-electron chi connectivity index (χ0n) is 11.1. The molecule has 0 amide bonds. The molecule has 0 aliphatic heterocycles. The lowest BCUT2D eigenvalue weighted by Crippen LogP contribution is -1.84. The van der Waals surface area contributed by atoms with Gasteiger partial charge in [0.1, 0.15) is 12.3 Å². The van der Waals surface area contributed by atoms with Gasteiger partial charge in [0.25, 0.3) is 0 Å². The van der Waals surface area contributed by atoms with Gasteiger partial charge in [-0.2, -0.15) is 0 Å². The Morgan fingerprint density at radius 1 is 1.15 bits per heavy atom. The van der Waals surface area contributed by atoms with Crippen molar-refractivity contribution in [1.82, 2.24) is 0 Å². The minimum atomic E-state index is 0.442. The third-order valence-corrected chi connectivity index (χ3v) is 2.97. The summed E-state index contributed by atoms with van der Waals surface area (Å²) in [5, 5.41) is 0.694. The molecule has 2 aromatic carbocycles. The fraction of sp³-hybridized carbons (Fsp3) is 0.118. The van der Waals surface area contributed by atoms with Crippen molar-refractivity contribution in [1.29, 1.82) is 0 Å². The van der Waals surface area contributed by atoms with Gasteiger partial charge in [-0.15, -0.1) is 0 Å². The van der Waals surface area contributed by atoms with Crippen molar-refractivity contribution in [3.8, 4) is 17.6 Å². The molecule has 0 atom stereocenters. The highest BCUT2D eigenvalue weighted by molar-refractivity contribution is 6.33. The summed E-state index contributed by atoms with van der Waals surface area (Å²) in [5.41, 5.74) is 1.85. The molecule has 0 spiro atoms. The van der Waals surface area contributed by atoms with Crippen LogP contribution in [0.4, 0.5) is 0 Å². The molecule has 0 saturated carbocycles. The minimum Gasteiger partial charge on any atom is -0.497 e. The molecule has 2 aromatic rings. The van der Waals surface area contributed by atoms with Crippen molar-refractivity contribution < 1.29 is 4.74 Å². The summed E-state index contributed by atoms with van der Waals surface area (Å²) in [4.78, 5) is 4.24. The standard InChI is InChI=1S/C17H14ClNO/c1-20-16-10-8-14(9-11-16)5-4-12-19-13-15-6-2-3-7-17(15)18/h2-3,6-11,13H,12H2,1H3/b19-13+. The number of aliphatic imine (C=N–C) groups is 1. The first-order chi connectivity index (χ1) is 9.79. The number of hydrogen-bond donors (Lipinski definition) is 0. The maximum Gasteiger partial charge on any atom is 0.118 e. The molecular weight excluding hydrogens is 270 g/mol. The van der Waals surface area contributed by atoms with Crippen molar-refractivity contribution in [2.45, 2.75) is 0 Å². The van der Waals surface area contributed by atoms with Gasteiger partial charge in [-0.3, -0.25) is 4.99 Å². The predicted octanol–water partition coefficient (Wildman–Crippen LogP) is 3.82. The lowest BCUT2D eigenvalue weighted by atomic mass is 10.2. The third-order valence-electron chi connectivity index (χ3n) is 2.63. The van der Waals surface area contributed by atoms with Gasteiger partial charge < -0.3 is 4.74 Å². The van der Waals surface area contributed by atoms with Crippen LogP contribution in [0.25, 0.3) is 0 Å². The first-order valence-corrected chi connectivity index (χ1v) is 6.54. The number of hydrogen-bond acceptors (Lipinski definition) is 2. The highest BCUT2D eigenvalue weighted by Gasteiger charge is 1.92. The van der Waals surface area contributed by atoms with E-state index in [0.717, 1.165) is 16.9 Å². The van der Waals surface area contributed by atoms with Gasteiger partial charge in [0.05, 0.1) is 7.11 Å². The molecule has 0 unspecified atom stereocenters. The summed E-state index contributed by atoms with van der Waals surface area (Å²) in [6, 6.07) is 15.2. The van der Waals surface area contributed by atoms with Crippen LogP contribution < -0.4 is 4.74 Å². The largest absolute Gasteiger partial charge is 0.497 e. The van der Waals surface area contributed by atoms with Crippen LogP contribution >= 0.6 is 11.6 Å². The Balaban J connectivity index is 1.93. The molecule has 0 aliphatic carbocycles. The van der Waals surface area contributed by atoms with Crippen LogP contribution in [0.1, 0.15) is 11.1 Å². The number of ether oxygens (including phenoxy) is 1. The second-order valence-corrected chi connectivity index (χ2v) is 4.43. The molecule has 2 nitrogen and oxygen atoms in total. The van der Waals surface area contributed by atoms with E-state index in [2.05, 4.69) is 16.8 Å². The molecule has 0 fully saturated rings. The zero-order chi connectivity index (χ0) is 14.2. The van der Waals surface area contributed by atoms with Crippen LogP contribution in [-0.4, -0.2) is 19.9 Å². The van der Waals surface area contributed by atoms with Crippen molar-refractivity contribution in [2.24, 2.45) is 4.99 Å². The van der Waals surface area contributed by atoms with Crippen molar-refractivity contribution in [3.05, 3.63) is 64.7 Å². The SMILES string of the molecule is COc1ccc(C#CC/N=C/c2ccccc2Cl)cc1. The molecule has 0 aromatic heterocycles. The molecular formula is C17H14ClNO. The van der Waals surface area contributed by atoms with E-state index in [1.54, 1.807) is 13.3 Å². The Morgan fingerprint density at radius 2 is 1.90 bits per heavy atom. The van der Waals surface area contributed by atoms with Crippen molar-refractivity contribution in [3.63, 3.8) is 0 Å². The van der Waals surface area contributed by atoms with Gasteiger partial charge in [0, 0.05) is 22.4 Å². The van der Waals surface area contributed by atoms with Gasteiger partial charge in [-0.1, -0.05) is 41.6 Å². The quantitative estimate of drug-likeness (QED) is 0.620. The maximum absolute atomic E-state index is 6.02. The molecule has 0 aliphatic rings. The lowest BCUT2D eigenvalue weighted by molar-refractivity contribution is 0.415. The summed E-state index contributed by atoms with van der Waals surface area (Å²) < 4.78 is 5.09. The monoisotopic (exact) mass is 283 g/mol. The Morgan fingerprint density at radius 3 is 2.60 bits per heavy atom. The van der Waals surface area contributed by atoms with E-state index < -0.39 is 0 Å². The molecule has 0 N–H and O–H groups in total. The minimum absolute atomic E-state index is 0.442. The zero-order valence-corrected chi connectivity index (χ0v) is 11.9. The number of nitrogens with zero attached hydrogens (tertiary/aromatic N) is 1. The molecule has 20 heavy (non-hydrogen) atoms. The number of rotatable bonds is 3. The fourth-order valence-corrected chi connectivity index (χ4v) is 1.77. The average molecular weight is 284 g/mol. The molecule has 3 heteroatoms. The normalized spacial score (nSPS) is 10.1. The van der Waals surface area contributed by atoms with E-state index >= 15 is 0 Å². The fourth-order valence-electron chi connectivity index (χ4n) is 1.59. The van der Waals surface area contributed by atoms with Crippen LogP contribution in [0.2, 0.25) is 5.02 Å². The molecule has 0 bridgehead atoms. The Labute approximate surface area is 124 Å². The first-order valence-electron chi connectivity index (χ1n) is 6.17. The Bertz CT molecular complexity index is 651. The second kappa shape index (κ2) is 7.37. The highest BCUT2D eigenvalue weighted by Crippen LogP contribution is 2.12. The first kappa shape index (κ1) is 14.2. The van der Waals surface area contributed by atoms with Gasteiger partial charge in [-0.25, -0.2) is 0 Å². The van der Waals surface area contributed by atoms with Crippen molar-refractivity contribution >= 4 is 17.8 Å². The predicted molar refractivity (Wildman–Crippen MR) is 83.8 cm³/mol. The van der Waals surface area contributed by atoms with E-state index in [0.29, 0.717) is 11.6 Å². The van der Waals surface area contributed by atoms with Crippen LogP contribution in [0.5, 0.6) is 5.75 Å². The smallest absolute Gasteiger partial charge is 0.118 e. The molecule has 2 rings (SSSR count). The third kappa shape index (κ3) is 4.15. The maximum atomic E-state index is 6.02. The van der Waals surface area contributed by atoms with Crippen LogP contribution in [0, 0.1) is 11.8 Å². The van der Waals surface area contributed by atoms with Crippen molar-refractivity contribution in [2.75, 3.05) is 13.7 Å². The molecule has 100 valence electrons.